The molecule has 9 heteroatoms. The fourth-order valence-corrected chi connectivity index (χ4v) is 5.28. The maximum atomic E-state index is 14.6. The second-order valence-corrected chi connectivity index (χ2v) is 10.6. The number of aromatic nitrogens is 1. The molecule has 2 aliphatic rings. The maximum absolute atomic E-state index is 14.6. The summed E-state index contributed by atoms with van der Waals surface area (Å²) in [5, 5.41) is 21.5. The van der Waals surface area contributed by atoms with E-state index in [0.717, 1.165) is 42.6 Å². The van der Waals surface area contributed by atoms with Crippen molar-refractivity contribution in [1.82, 2.24) is 10.3 Å². The Kier molecular flexibility index (Phi) is 9.41. The van der Waals surface area contributed by atoms with Crippen molar-refractivity contribution in [3.63, 3.8) is 0 Å². The zero-order chi connectivity index (χ0) is 25.5. The van der Waals surface area contributed by atoms with Crippen LogP contribution in [0.15, 0.2) is 30.5 Å². The Hall–Kier alpha value is -1.97. The molecule has 0 spiro atoms. The first-order valence-corrected chi connectivity index (χ1v) is 13.2. The molecule has 0 unspecified atom stereocenters. The van der Waals surface area contributed by atoms with Gasteiger partial charge in [0.05, 0.1) is 22.9 Å². The number of pyridine rings is 1. The lowest BCUT2D eigenvalue weighted by Gasteiger charge is -2.32. The van der Waals surface area contributed by atoms with Crippen LogP contribution < -0.4 is 16.0 Å². The summed E-state index contributed by atoms with van der Waals surface area (Å²) in [6.07, 6.45) is 6.98. The molecule has 0 bridgehead atoms. The third-order valence-electron chi connectivity index (χ3n) is 7.18. The van der Waals surface area contributed by atoms with Gasteiger partial charge in [0.1, 0.15) is 11.6 Å². The Bertz CT molecular complexity index is 997. The van der Waals surface area contributed by atoms with Crippen molar-refractivity contribution in [1.29, 1.82) is 0 Å². The van der Waals surface area contributed by atoms with E-state index < -0.39 is 5.60 Å². The predicted molar refractivity (Wildman–Crippen MR) is 142 cm³/mol. The van der Waals surface area contributed by atoms with Crippen LogP contribution >= 0.6 is 11.6 Å². The van der Waals surface area contributed by atoms with E-state index in [1.807, 2.05) is 6.07 Å². The fraction of sp³-hybridized carbons (Fsp3) is 0.593. The summed E-state index contributed by atoms with van der Waals surface area (Å²) in [5.74, 6) is 0.386. The van der Waals surface area contributed by atoms with E-state index in [4.69, 9.17) is 21.1 Å². The largest absolute Gasteiger partial charge is 0.388 e. The molecule has 1 saturated heterocycles. The lowest BCUT2D eigenvalue weighted by atomic mass is 9.90. The molecule has 198 valence electrons. The zero-order valence-electron chi connectivity index (χ0n) is 21.2. The lowest BCUT2D eigenvalue weighted by Crippen LogP contribution is -2.42. The molecule has 1 aromatic heterocycles. The predicted octanol–water partition coefficient (Wildman–Crippen LogP) is 4.84. The number of aliphatic hydroxyl groups is 1. The molecule has 2 aromatic rings. The maximum Gasteiger partial charge on any atom is 0.146 e. The molecule has 1 aliphatic carbocycles. The summed E-state index contributed by atoms with van der Waals surface area (Å²) < 4.78 is 25.1. The van der Waals surface area contributed by atoms with Crippen LogP contribution in [0.5, 0.6) is 0 Å². The molecule has 2 fully saturated rings. The number of nitrogens with one attached hydrogen (secondary N) is 3. The third-order valence-corrected chi connectivity index (χ3v) is 7.48. The summed E-state index contributed by atoms with van der Waals surface area (Å²) in [6, 6.07) is 8.00. The molecule has 1 aliphatic heterocycles. The van der Waals surface area contributed by atoms with Gasteiger partial charge in [-0.25, -0.2) is 9.37 Å². The third kappa shape index (κ3) is 7.29. The van der Waals surface area contributed by atoms with Gasteiger partial charge in [-0.3, -0.25) is 0 Å². The zero-order valence-corrected chi connectivity index (χ0v) is 21.9. The Morgan fingerprint density at radius 3 is 2.64 bits per heavy atom. The van der Waals surface area contributed by atoms with Crippen LogP contribution in [-0.2, 0) is 9.47 Å². The Morgan fingerprint density at radius 2 is 1.92 bits per heavy atom. The molecule has 0 amide bonds. The van der Waals surface area contributed by atoms with Crippen LogP contribution in [0.2, 0.25) is 5.02 Å². The number of nitrogens with zero attached hydrogens (tertiary/aromatic N) is 1. The highest BCUT2D eigenvalue weighted by Crippen LogP contribution is 2.33. The molecule has 7 nitrogen and oxygen atoms in total. The molecule has 0 radical (unpaired) electrons. The minimum atomic E-state index is -0.900. The SMILES string of the molecule is COC[C@@H](C)N[C@H]1CC[C@H](Nc2cc(-c3ccc(F)c(NCC4(O)CCOCC4)c3)c(Cl)cn2)CC1. The van der Waals surface area contributed by atoms with E-state index in [-0.39, 0.29) is 12.4 Å². The minimum absolute atomic E-state index is 0.259. The van der Waals surface area contributed by atoms with E-state index in [1.165, 1.54) is 6.07 Å². The summed E-state index contributed by atoms with van der Waals surface area (Å²) in [7, 11) is 1.73. The number of anilines is 2. The summed E-state index contributed by atoms with van der Waals surface area (Å²) in [5.41, 5.74) is 1.00. The minimum Gasteiger partial charge on any atom is -0.388 e. The smallest absolute Gasteiger partial charge is 0.146 e. The highest BCUT2D eigenvalue weighted by molar-refractivity contribution is 6.33. The number of ether oxygens (including phenoxy) is 2. The first-order chi connectivity index (χ1) is 17.3. The average Bonchev–Trinajstić information content (AvgIpc) is 2.87. The molecule has 4 N–H and O–H groups in total. The van der Waals surface area contributed by atoms with Crippen molar-refractivity contribution < 1.29 is 19.0 Å². The van der Waals surface area contributed by atoms with Crippen molar-refractivity contribution >= 4 is 23.1 Å². The lowest BCUT2D eigenvalue weighted by molar-refractivity contribution is -0.0543. The Morgan fingerprint density at radius 1 is 1.19 bits per heavy atom. The van der Waals surface area contributed by atoms with Gasteiger partial charge in [-0.1, -0.05) is 17.7 Å². The normalized spacial score (nSPS) is 22.7. The molecule has 1 atom stereocenters. The van der Waals surface area contributed by atoms with E-state index in [1.54, 1.807) is 25.4 Å². The van der Waals surface area contributed by atoms with Gasteiger partial charge in [-0.2, -0.15) is 0 Å². The molecule has 1 saturated carbocycles. The highest BCUT2D eigenvalue weighted by Gasteiger charge is 2.30. The second-order valence-electron chi connectivity index (χ2n) is 10.2. The fourth-order valence-electron chi connectivity index (χ4n) is 5.07. The van der Waals surface area contributed by atoms with Crippen LogP contribution in [0, 0.1) is 5.82 Å². The quantitative estimate of drug-likeness (QED) is 0.356. The topological polar surface area (TPSA) is 87.7 Å². The number of rotatable bonds is 10. The van der Waals surface area contributed by atoms with Gasteiger partial charge >= 0.3 is 0 Å². The standard InChI is InChI=1S/C27H38ClFN4O3/c1-18(16-35-2)32-20-4-6-21(7-5-20)33-26-14-22(23(28)15-30-26)19-3-8-24(29)25(13-19)31-17-27(34)9-11-36-12-10-27/h3,8,13-15,18,20-21,31-32,34H,4-7,9-12,16-17H2,1-2H3,(H,30,33)/t18-,20-,21-/m1/s1. The van der Waals surface area contributed by atoms with Gasteiger partial charge < -0.3 is 30.5 Å². The van der Waals surface area contributed by atoms with E-state index >= 15 is 0 Å². The van der Waals surface area contributed by atoms with Gasteiger partial charge in [0, 0.05) is 69.6 Å². The number of methoxy groups -OCH3 is 1. The van der Waals surface area contributed by atoms with E-state index in [2.05, 4.69) is 27.9 Å². The van der Waals surface area contributed by atoms with Gasteiger partial charge in [-0.05, 0) is 56.4 Å². The van der Waals surface area contributed by atoms with Crippen molar-refractivity contribution in [3.05, 3.63) is 41.3 Å². The molecule has 1 aromatic carbocycles. The van der Waals surface area contributed by atoms with Crippen LogP contribution in [0.3, 0.4) is 0 Å². The Labute approximate surface area is 218 Å². The summed E-state index contributed by atoms with van der Waals surface area (Å²) in [6.45, 7) is 4.14. The van der Waals surface area contributed by atoms with Crippen LogP contribution in [0.25, 0.3) is 11.1 Å². The van der Waals surface area contributed by atoms with Crippen molar-refractivity contribution in [2.75, 3.05) is 44.1 Å². The summed E-state index contributed by atoms with van der Waals surface area (Å²) in [4.78, 5) is 4.49. The molecule has 2 heterocycles. The number of hydrogen-bond acceptors (Lipinski definition) is 7. The first kappa shape index (κ1) is 27.1. The second kappa shape index (κ2) is 12.5. The van der Waals surface area contributed by atoms with Gasteiger partial charge in [-0.15, -0.1) is 0 Å². The Balaban J connectivity index is 1.39. The van der Waals surface area contributed by atoms with Gasteiger partial charge in [0.2, 0.25) is 0 Å². The van der Waals surface area contributed by atoms with Gasteiger partial charge in [0.25, 0.3) is 0 Å². The van der Waals surface area contributed by atoms with Crippen molar-refractivity contribution in [3.8, 4) is 11.1 Å². The highest BCUT2D eigenvalue weighted by atomic mass is 35.5. The van der Waals surface area contributed by atoms with E-state index in [0.29, 0.717) is 61.5 Å². The monoisotopic (exact) mass is 520 g/mol. The van der Waals surface area contributed by atoms with Crippen LogP contribution in [0.1, 0.15) is 45.4 Å². The average molecular weight is 521 g/mol. The van der Waals surface area contributed by atoms with Crippen LogP contribution in [0.4, 0.5) is 15.9 Å². The van der Waals surface area contributed by atoms with Crippen molar-refractivity contribution in [2.24, 2.45) is 0 Å². The van der Waals surface area contributed by atoms with Crippen LogP contribution in [-0.4, -0.2) is 67.3 Å². The van der Waals surface area contributed by atoms with Crippen molar-refractivity contribution in [2.45, 2.75) is 69.2 Å². The molecule has 36 heavy (non-hydrogen) atoms. The molecular weight excluding hydrogens is 483 g/mol. The summed E-state index contributed by atoms with van der Waals surface area (Å²) >= 11 is 6.50. The number of benzene rings is 1. The molecular formula is C27H38ClFN4O3. The molecule has 4 rings (SSSR count). The first-order valence-electron chi connectivity index (χ1n) is 12.9. The number of halogens is 2. The van der Waals surface area contributed by atoms with E-state index in [9.17, 15) is 9.50 Å². The van der Waals surface area contributed by atoms with Gasteiger partial charge in [0.15, 0.2) is 0 Å². The number of hydrogen-bond donors (Lipinski definition) is 4.